The molecule has 3 rings (SSSR count). The van der Waals surface area contributed by atoms with Gasteiger partial charge in [0.25, 0.3) is 0 Å². The number of rotatable bonds is 3. The SMILES string of the molecule is Cc1c(Cl)cccc1S(=O)(=O)N1C[C@@H](N)[C@H](c2ccccc2)C1.Cl. The van der Waals surface area contributed by atoms with Crippen molar-refractivity contribution in [2.45, 2.75) is 23.8 Å². The molecule has 0 radical (unpaired) electrons. The molecule has 1 aliphatic heterocycles. The van der Waals surface area contributed by atoms with Crippen LogP contribution in [0.25, 0.3) is 0 Å². The zero-order valence-corrected chi connectivity index (χ0v) is 15.6. The molecular weight excluding hydrogens is 367 g/mol. The van der Waals surface area contributed by atoms with Crippen LogP contribution in [-0.2, 0) is 10.0 Å². The van der Waals surface area contributed by atoms with Crippen molar-refractivity contribution in [3.05, 3.63) is 64.7 Å². The van der Waals surface area contributed by atoms with Crippen molar-refractivity contribution in [3.63, 3.8) is 0 Å². The van der Waals surface area contributed by atoms with E-state index in [9.17, 15) is 8.42 Å². The van der Waals surface area contributed by atoms with Crippen molar-refractivity contribution in [2.75, 3.05) is 13.1 Å². The van der Waals surface area contributed by atoms with Crippen LogP contribution < -0.4 is 5.73 Å². The summed E-state index contributed by atoms with van der Waals surface area (Å²) < 4.78 is 27.3. The number of hydrogen-bond acceptors (Lipinski definition) is 3. The fourth-order valence-electron chi connectivity index (χ4n) is 3.05. The molecule has 2 aromatic carbocycles. The summed E-state index contributed by atoms with van der Waals surface area (Å²) in [6.07, 6.45) is 0. The van der Waals surface area contributed by atoms with E-state index >= 15 is 0 Å². The van der Waals surface area contributed by atoms with E-state index in [1.54, 1.807) is 25.1 Å². The molecule has 0 bridgehead atoms. The van der Waals surface area contributed by atoms with Crippen molar-refractivity contribution < 1.29 is 8.42 Å². The fraction of sp³-hybridized carbons (Fsp3) is 0.294. The molecule has 0 aliphatic carbocycles. The molecule has 2 atom stereocenters. The Bertz CT molecular complexity index is 813. The summed E-state index contributed by atoms with van der Waals surface area (Å²) in [7, 11) is -3.60. The summed E-state index contributed by atoms with van der Waals surface area (Å²) >= 11 is 6.07. The third-order valence-corrected chi connectivity index (χ3v) is 6.78. The lowest BCUT2D eigenvalue weighted by molar-refractivity contribution is 0.469. The highest BCUT2D eigenvalue weighted by molar-refractivity contribution is 7.89. The second kappa shape index (κ2) is 7.42. The molecule has 0 saturated carbocycles. The maximum absolute atomic E-state index is 12.9. The molecule has 1 fully saturated rings. The fourth-order valence-corrected chi connectivity index (χ4v) is 5.03. The van der Waals surface area contributed by atoms with Crippen LogP contribution in [0.1, 0.15) is 17.0 Å². The quantitative estimate of drug-likeness (QED) is 0.880. The molecule has 7 heteroatoms. The summed E-state index contributed by atoms with van der Waals surface area (Å²) in [4.78, 5) is 0.255. The third-order valence-electron chi connectivity index (χ3n) is 4.40. The van der Waals surface area contributed by atoms with E-state index in [0.29, 0.717) is 23.7 Å². The van der Waals surface area contributed by atoms with Crippen LogP contribution in [0.3, 0.4) is 0 Å². The Hall–Kier alpha value is -1.11. The van der Waals surface area contributed by atoms with E-state index in [2.05, 4.69) is 0 Å². The number of hydrogen-bond donors (Lipinski definition) is 1. The van der Waals surface area contributed by atoms with Gasteiger partial charge < -0.3 is 5.73 Å². The van der Waals surface area contributed by atoms with Gasteiger partial charge in [-0.3, -0.25) is 0 Å². The van der Waals surface area contributed by atoms with Crippen LogP contribution in [0, 0.1) is 6.92 Å². The van der Waals surface area contributed by atoms with Gasteiger partial charge in [0.05, 0.1) is 4.90 Å². The molecule has 24 heavy (non-hydrogen) atoms. The standard InChI is InChI=1S/C17H19ClN2O2S.ClH/c1-12-15(18)8-5-9-17(12)23(21,22)20-10-14(16(19)11-20)13-6-3-2-4-7-13;/h2-9,14,16H,10-11,19H2,1H3;1H/t14-,16+;/m0./s1. The normalized spacial score (nSPS) is 21.5. The maximum atomic E-state index is 12.9. The number of benzene rings is 2. The Balaban J connectivity index is 0.00000208. The van der Waals surface area contributed by atoms with Crippen LogP contribution in [-0.4, -0.2) is 31.9 Å². The van der Waals surface area contributed by atoms with Crippen molar-refractivity contribution >= 4 is 34.0 Å². The highest BCUT2D eigenvalue weighted by atomic mass is 35.5. The largest absolute Gasteiger partial charge is 0.326 e. The Morgan fingerprint density at radius 2 is 1.75 bits per heavy atom. The van der Waals surface area contributed by atoms with Crippen LogP contribution >= 0.6 is 24.0 Å². The van der Waals surface area contributed by atoms with Gasteiger partial charge in [0.2, 0.25) is 10.0 Å². The highest BCUT2D eigenvalue weighted by Gasteiger charge is 2.38. The highest BCUT2D eigenvalue weighted by Crippen LogP contribution is 2.32. The van der Waals surface area contributed by atoms with Crippen molar-refractivity contribution in [2.24, 2.45) is 5.73 Å². The minimum Gasteiger partial charge on any atom is -0.326 e. The number of halogens is 2. The first-order chi connectivity index (χ1) is 10.9. The molecule has 0 aromatic heterocycles. The second-order valence-electron chi connectivity index (χ2n) is 5.87. The molecule has 130 valence electrons. The molecule has 0 amide bonds. The van der Waals surface area contributed by atoms with Gasteiger partial charge in [-0.15, -0.1) is 12.4 Å². The predicted octanol–water partition coefficient (Wildman–Crippen LogP) is 3.19. The summed E-state index contributed by atoms with van der Waals surface area (Å²) in [5.74, 6) is 0.00506. The minimum absolute atomic E-state index is 0. The summed E-state index contributed by atoms with van der Waals surface area (Å²) in [5, 5.41) is 0.453. The number of nitrogens with zero attached hydrogens (tertiary/aromatic N) is 1. The smallest absolute Gasteiger partial charge is 0.243 e. The molecule has 1 aliphatic rings. The van der Waals surface area contributed by atoms with Gasteiger partial charge >= 0.3 is 0 Å². The molecule has 1 saturated heterocycles. The van der Waals surface area contributed by atoms with E-state index in [1.807, 2.05) is 30.3 Å². The second-order valence-corrected chi connectivity index (χ2v) is 8.18. The zero-order valence-electron chi connectivity index (χ0n) is 13.2. The summed E-state index contributed by atoms with van der Waals surface area (Å²) in [5.41, 5.74) is 7.86. The lowest BCUT2D eigenvalue weighted by Gasteiger charge is -2.18. The lowest BCUT2D eigenvalue weighted by Crippen LogP contribution is -2.32. The van der Waals surface area contributed by atoms with Gasteiger partial charge in [0.1, 0.15) is 0 Å². The van der Waals surface area contributed by atoms with Gasteiger partial charge in [-0.05, 0) is 30.2 Å². The predicted molar refractivity (Wildman–Crippen MR) is 99.4 cm³/mol. The number of sulfonamides is 1. The van der Waals surface area contributed by atoms with Gasteiger partial charge in [-0.25, -0.2) is 8.42 Å². The zero-order chi connectivity index (χ0) is 16.6. The summed E-state index contributed by atoms with van der Waals surface area (Å²) in [6.45, 7) is 2.42. The van der Waals surface area contributed by atoms with Crippen LogP contribution in [0.15, 0.2) is 53.4 Å². The van der Waals surface area contributed by atoms with Gasteiger partial charge in [0.15, 0.2) is 0 Å². The van der Waals surface area contributed by atoms with Crippen LogP contribution in [0.4, 0.5) is 0 Å². The minimum atomic E-state index is -3.60. The van der Waals surface area contributed by atoms with E-state index in [1.165, 1.54) is 4.31 Å². The molecule has 0 unspecified atom stereocenters. The van der Waals surface area contributed by atoms with Gasteiger partial charge in [0, 0.05) is 30.1 Å². The first-order valence-corrected chi connectivity index (χ1v) is 9.29. The van der Waals surface area contributed by atoms with Gasteiger partial charge in [-0.2, -0.15) is 4.31 Å². The Morgan fingerprint density at radius 3 is 2.42 bits per heavy atom. The first-order valence-electron chi connectivity index (χ1n) is 7.47. The van der Waals surface area contributed by atoms with E-state index in [4.69, 9.17) is 17.3 Å². The molecule has 1 heterocycles. The Labute approximate surface area is 154 Å². The van der Waals surface area contributed by atoms with Crippen molar-refractivity contribution in [1.82, 2.24) is 4.31 Å². The van der Waals surface area contributed by atoms with E-state index < -0.39 is 10.0 Å². The molecule has 2 N–H and O–H groups in total. The molecular formula is C17H20Cl2N2O2S. The lowest BCUT2D eigenvalue weighted by atomic mass is 9.95. The van der Waals surface area contributed by atoms with Gasteiger partial charge in [-0.1, -0.05) is 48.0 Å². The molecule has 2 aromatic rings. The molecule has 0 spiro atoms. The Morgan fingerprint density at radius 1 is 1.08 bits per heavy atom. The van der Waals surface area contributed by atoms with Crippen LogP contribution in [0.2, 0.25) is 5.02 Å². The molecule has 4 nitrogen and oxygen atoms in total. The van der Waals surface area contributed by atoms with Crippen molar-refractivity contribution in [3.8, 4) is 0 Å². The van der Waals surface area contributed by atoms with E-state index in [0.717, 1.165) is 5.56 Å². The Kier molecular flexibility index (Phi) is 5.94. The van der Waals surface area contributed by atoms with E-state index in [-0.39, 0.29) is 29.3 Å². The average molecular weight is 387 g/mol. The first kappa shape index (κ1) is 19.2. The number of nitrogens with two attached hydrogens (primary N) is 1. The third kappa shape index (κ3) is 3.46. The average Bonchev–Trinajstić information content (AvgIpc) is 2.93. The summed E-state index contributed by atoms with van der Waals surface area (Å²) in [6, 6.07) is 14.5. The van der Waals surface area contributed by atoms with Crippen LogP contribution in [0.5, 0.6) is 0 Å². The van der Waals surface area contributed by atoms with Crippen molar-refractivity contribution in [1.29, 1.82) is 0 Å². The monoisotopic (exact) mass is 386 g/mol. The topological polar surface area (TPSA) is 63.4 Å². The maximum Gasteiger partial charge on any atom is 0.243 e.